The van der Waals surface area contributed by atoms with Gasteiger partial charge >= 0.3 is 0 Å². The minimum Gasteiger partial charge on any atom is -0.507 e. The zero-order valence-corrected chi connectivity index (χ0v) is 14.5. The Balaban J connectivity index is 2.23. The number of aromatic hydroxyl groups is 1. The largest absolute Gasteiger partial charge is 0.507 e. The summed E-state index contributed by atoms with van der Waals surface area (Å²) < 4.78 is 1.13. The zero-order valence-electron chi connectivity index (χ0n) is 12.9. The van der Waals surface area contributed by atoms with E-state index in [4.69, 9.17) is 0 Å². The van der Waals surface area contributed by atoms with Crippen LogP contribution in [0, 0.1) is 6.92 Å². The van der Waals surface area contributed by atoms with Crippen molar-refractivity contribution in [3.05, 3.63) is 63.6 Å². The smallest absolute Gasteiger partial charge is 0.123 e. The summed E-state index contributed by atoms with van der Waals surface area (Å²) in [5, 5.41) is 12.6. The maximum absolute atomic E-state index is 10.5. The Morgan fingerprint density at radius 1 is 1.00 bits per heavy atom. The number of phenolic OH excluding ortho intramolecular Hbond substituents is 1. The second-order valence-corrected chi connectivity index (χ2v) is 7.51. The molecule has 0 aromatic heterocycles. The third-order valence-corrected chi connectivity index (χ3v) is 5.51. The molecule has 0 unspecified atom stereocenters. The molecule has 1 nitrogen and oxygen atoms in total. The predicted molar refractivity (Wildman–Crippen MR) is 95.6 cm³/mol. The first kappa shape index (κ1) is 13.8. The van der Waals surface area contributed by atoms with Crippen molar-refractivity contribution in [3.63, 3.8) is 0 Å². The molecule has 3 aromatic carbocycles. The second-order valence-electron chi connectivity index (χ2n) is 6.65. The summed E-state index contributed by atoms with van der Waals surface area (Å²) >= 11 is 3.71. The summed E-state index contributed by atoms with van der Waals surface area (Å²) in [5.74, 6) is 0.370. The average molecular weight is 353 g/mol. The first-order chi connectivity index (χ1) is 10.4. The van der Waals surface area contributed by atoms with Crippen molar-refractivity contribution in [2.75, 3.05) is 0 Å². The quantitative estimate of drug-likeness (QED) is 0.532. The van der Waals surface area contributed by atoms with Crippen molar-refractivity contribution in [2.45, 2.75) is 26.2 Å². The molecule has 0 atom stereocenters. The Morgan fingerprint density at radius 2 is 1.77 bits per heavy atom. The van der Waals surface area contributed by atoms with E-state index in [0.29, 0.717) is 5.75 Å². The Kier molecular flexibility index (Phi) is 2.74. The van der Waals surface area contributed by atoms with Crippen molar-refractivity contribution in [2.24, 2.45) is 0 Å². The van der Waals surface area contributed by atoms with Gasteiger partial charge in [0.1, 0.15) is 5.75 Å². The predicted octanol–water partition coefficient (Wildman–Crippen LogP) is 5.92. The molecule has 1 aliphatic carbocycles. The molecule has 0 spiro atoms. The highest BCUT2D eigenvalue weighted by molar-refractivity contribution is 9.10. The van der Waals surface area contributed by atoms with Gasteiger partial charge in [-0.25, -0.2) is 0 Å². The van der Waals surface area contributed by atoms with E-state index in [-0.39, 0.29) is 5.41 Å². The number of hydrogen-bond acceptors (Lipinski definition) is 1. The SMILES string of the molecule is Cc1ccc2c3c(cc(O)c2c1)C(C)(C)c1c(Br)cccc1-3. The zero-order chi connectivity index (χ0) is 15.6. The third-order valence-electron chi connectivity index (χ3n) is 4.85. The molecule has 110 valence electrons. The molecule has 0 radical (unpaired) electrons. The van der Waals surface area contributed by atoms with Crippen LogP contribution < -0.4 is 0 Å². The van der Waals surface area contributed by atoms with Gasteiger partial charge in [0, 0.05) is 15.3 Å². The molecule has 4 rings (SSSR count). The van der Waals surface area contributed by atoms with Crippen molar-refractivity contribution < 1.29 is 5.11 Å². The van der Waals surface area contributed by atoms with Crippen molar-refractivity contribution in [1.82, 2.24) is 0 Å². The lowest BCUT2D eigenvalue weighted by atomic mass is 9.82. The Morgan fingerprint density at radius 3 is 2.55 bits per heavy atom. The first-order valence-electron chi connectivity index (χ1n) is 7.47. The van der Waals surface area contributed by atoms with Crippen molar-refractivity contribution in [1.29, 1.82) is 0 Å². The molecule has 1 N–H and O–H groups in total. The third kappa shape index (κ3) is 1.65. The summed E-state index contributed by atoms with van der Waals surface area (Å²) in [5.41, 5.74) is 6.06. The van der Waals surface area contributed by atoms with Gasteiger partial charge in [-0.15, -0.1) is 0 Å². The van der Waals surface area contributed by atoms with Gasteiger partial charge in [-0.3, -0.25) is 0 Å². The number of fused-ring (bicyclic) bond motifs is 5. The van der Waals surface area contributed by atoms with Gasteiger partial charge in [-0.1, -0.05) is 59.6 Å². The van der Waals surface area contributed by atoms with Gasteiger partial charge < -0.3 is 5.11 Å². The van der Waals surface area contributed by atoms with Gasteiger partial charge in [0.05, 0.1) is 0 Å². The molecule has 0 saturated heterocycles. The highest BCUT2D eigenvalue weighted by atomic mass is 79.9. The monoisotopic (exact) mass is 352 g/mol. The van der Waals surface area contributed by atoms with E-state index >= 15 is 0 Å². The summed E-state index contributed by atoms with van der Waals surface area (Å²) in [7, 11) is 0. The molecule has 0 saturated carbocycles. The van der Waals surface area contributed by atoms with Gasteiger partial charge in [-0.2, -0.15) is 0 Å². The van der Waals surface area contributed by atoms with Gasteiger partial charge in [-0.05, 0) is 52.8 Å². The summed E-state index contributed by atoms with van der Waals surface area (Å²) in [6, 6.07) is 14.6. The van der Waals surface area contributed by atoms with Crippen molar-refractivity contribution in [3.8, 4) is 16.9 Å². The van der Waals surface area contributed by atoms with E-state index in [1.807, 2.05) is 6.07 Å². The maximum Gasteiger partial charge on any atom is 0.123 e. The lowest BCUT2D eigenvalue weighted by molar-refractivity contribution is 0.479. The van der Waals surface area contributed by atoms with E-state index < -0.39 is 0 Å². The van der Waals surface area contributed by atoms with E-state index in [0.717, 1.165) is 20.8 Å². The molecule has 0 fully saturated rings. The van der Waals surface area contributed by atoms with Crippen LogP contribution in [0.3, 0.4) is 0 Å². The molecule has 0 amide bonds. The van der Waals surface area contributed by atoms with Crippen LogP contribution in [-0.4, -0.2) is 5.11 Å². The topological polar surface area (TPSA) is 20.2 Å². The summed E-state index contributed by atoms with van der Waals surface area (Å²) in [6.45, 7) is 6.50. The number of rotatable bonds is 0. The number of benzene rings is 3. The minimum absolute atomic E-state index is 0.124. The molecule has 3 aromatic rings. The molecule has 22 heavy (non-hydrogen) atoms. The van der Waals surface area contributed by atoms with Crippen molar-refractivity contribution >= 4 is 26.7 Å². The Labute approximate surface area is 138 Å². The fourth-order valence-corrected chi connectivity index (χ4v) is 4.67. The second kappa shape index (κ2) is 4.36. The highest BCUT2D eigenvalue weighted by Crippen LogP contribution is 2.54. The van der Waals surface area contributed by atoms with E-state index in [9.17, 15) is 5.11 Å². The number of phenols is 1. The van der Waals surface area contributed by atoms with Crippen LogP contribution in [0.4, 0.5) is 0 Å². The lowest BCUT2D eigenvalue weighted by Crippen LogP contribution is -2.15. The molecule has 0 heterocycles. The maximum atomic E-state index is 10.5. The summed E-state index contributed by atoms with van der Waals surface area (Å²) in [6.07, 6.45) is 0. The van der Waals surface area contributed by atoms with Crippen LogP contribution in [0.1, 0.15) is 30.5 Å². The molecular formula is C20H17BrO. The van der Waals surface area contributed by atoms with E-state index in [1.165, 1.54) is 22.3 Å². The highest BCUT2D eigenvalue weighted by Gasteiger charge is 2.38. The molecule has 0 aliphatic heterocycles. The lowest BCUT2D eigenvalue weighted by Gasteiger charge is -2.23. The Hall–Kier alpha value is -1.80. The van der Waals surface area contributed by atoms with Crippen LogP contribution in [0.5, 0.6) is 5.75 Å². The van der Waals surface area contributed by atoms with Gasteiger partial charge in [0.2, 0.25) is 0 Å². The van der Waals surface area contributed by atoms with Crippen LogP contribution in [0.2, 0.25) is 0 Å². The molecule has 0 bridgehead atoms. The van der Waals surface area contributed by atoms with Crippen LogP contribution in [-0.2, 0) is 5.41 Å². The summed E-state index contributed by atoms with van der Waals surface area (Å²) in [4.78, 5) is 0. The normalized spacial score (nSPS) is 14.9. The molecular weight excluding hydrogens is 336 g/mol. The molecule has 2 heteroatoms. The minimum atomic E-state index is -0.124. The number of aryl methyl sites for hydroxylation is 1. The standard InChI is InChI=1S/C20H17BrO/c1-11-7-8-12-14(9-11)17(22)10-15-18(12)13-5-4-6-16(21)19(13)20(15,2)3/h4-10,22H,1-3H3. The van der Waals surface area contributed by atoms with E-state index in [2.05, 4.69) is 73.1 Å². The fraction of sp³-hybridized carbons (Fsp3) is 0.200. The van der Waals surface area contributed by atoms with Gasteiger partial charge in [0.15, 0.2) is 0 Å². The number of hydrogen-bond donors (Lipinski definition) is 1. The Bertz CT molecular complexity index is 938. The fourth-order valence-electron chi connectivity index (χ4n) is 3.81. The van der Waals surface area contributed by atoms with E-state index in [1.54, 1.807) is 0 Å². The van der Waals surface area contributed by atoms with Crippen LogP contribution in [0.15, 0.2) is 46.9 Å². The molecule has 1 aliphatic rings. The first-order valence-corrected chi connectivity index (χ1v) is 8.26. The average Bonchev–Trinajstić information content (AvgIpc) is 2.69. The van der Waals surface area contributed by atoms with Crippen LogP contribution in [0.25, 0.3) is 21.9 Å². The van der Waals surface area contributed by atoms with Crippen LogP contribution >= 0.6 is 15.9 Å². The van der Waals surface area contributed by atoms with Gasteiger partial charge in [0.25, 0.3) is 0 Å². The number of halogens is 1.